The fourth-order valence-electron chi connectivity index (χ4n) is 2.55. The van der Waals surface area contributed by atoms with Crippen LogP contribution in [-0.4, -0.2) is 59.8 Å². The number of hydrogen-bond acceptors (Lipinski definition) is 7. The summed E-state index contributed by atoms with van der Waals surface area (Å²) in [5.74, 6) is -1.27. The summed E-state index contributed by atoms with van der Waals surface area (Å²) in [4.78, 5) is 24.5. The largest absolute Gasteiger partial charge is 0.457 e. The molecule has 0 bridgehead atoms. The lowest BCUT2D eigenvalue weighted by molar-refractivity contribution is -0.154. The zero-order chi connectivity index (χ0) is 17.2. The predicted molar refractivity (Wildman–Crippen MR) is 88.1 cm³/mol. The molecule has 2 fully saturated rings. The van der Waals surface area contributed by atoms with E-state index in [-0.39, 0.29) is 25.0 Å². The standard InChI is InChI=1S/C15H23IO7/c1-8-19-6-11(22-8)13(12-7-20-9(2)23-12)10(17)5-21-14(18)15(3,4)16/h8-9,11-13H,5-7H2,1-4H3. The molecule has 2 saturated heterocycles. The first-order valence-corrected chi connectivity index (χ1v) is 8.69. The number of alkyl halides is 1. The van der Waals surface area contributed by atoms with Crippen LogP contribution in [0.5, 0.6) is 0 Å². The van der Waals surface area contributed by atoms with E-state index in [4.69, 9.17) is 23.7 Å². The first kappa shape index (κ1) is 19.0. The summed E-state index contributed by atoms with van der Waals surface area (Å²) in [6.45, 7) is 7.29. The van der Waals surface area contributed by atoms with Crippen molar-refractivity contribution in [2.45, 2.75) is 55.9 Å². The third-order valence-electron chi connectivity index (χ3n) is 3.73. The van der Waals surface area contributed by atoms with Crippen molar-refractivity contribution in [1.82, 2.24) is 0 Å². The minimum absolute atomic E-state index is 0.246. The van der Waals surface area contributed by atoms with E-state index < -0.39 is 27.5 Å². The van der Waals surface area contributed by atoms with Gasteiger partial charge in [-0.15, -0.1) is 0 Å². The minimum atomic E-state index is -0.684. The van der Waals surface area contributed by atoms with E-state index in [1.54, 1.807) is 27.7 Å². The van der Waals surface area contributed by atoms with Gasteiger partial charge in [-0.25, -0.2) is 0 Å². The van der Waals surface area contributed by atoms with E-state index in [9.17, 15) is 9.59 Å². The maximum Gasteiger partial charge on any atom is 0.321 e. The van der Waals surface area contributed by atoms with Crippen molar-refractivity contribution < 1.29 is 33.3 Å². The summed E-state index contributed by atoms with van der Waals surface area (Å²) in [5, 5.41) is 0. The lowest BCUT2D eigenvalue weighted by Gasteiger charge is -2.25. The molecular weight excluding hydrogens is 419 g/mol. The number of carbonyl (C=O) groups is 2. The monoisotopic (exact) mass is 442 g/mol. The number of carbonyl (C=O) groups excluding carboxylic acids is 2. The molecule has 0 spiro atoms. The molecule has 7 nitrogen and oxygen atoms in total. The lowest BCUT2D eigenvalue weighted by atomic mass is 9.92. The van der Waals surface area contributed by atoms with Crippen LogP contribution >= 0.6 is 22.6 Å². The van der Waals surface area contributed by atoms with Crippen molar-refractivity contribution in [3.05, 3.63) is 0 Å². The highest BCUT2D eigenvalue weighted by Crippen LogP contribution is 2.28. The van der Waals surface area contributed by atoms with Gasteiger partial charge in [0.1, 0.15) is 3.42 Å². The number of esters is 1. The second-order valence-electron chi connectivity index (χ2n) is 6.19. The molecule has 0 amide bonds. The number of Topliss-reactive ketones (excluding diaryl/α,β-unsaturated/α-hetero) is 1. The summed E-state index contributed by atoms with van der Waals surface area (Å²) in [6.07, 6.45) is -1.60. The summed E-state index contributed by atoms with van der Waals surface area (Å²) in [6, 6.07) is 0. The van der Waals surface area contributed by atoms with E-state index in [0.29, 0.717) is 13.2 Å². The number of ketones is 1. The SMILES string of the molecule is CC1OCC(C(C(=O)COC(=O)C(C)(C)I)C2COC(C)O2)O1. The summed E-state index contributed by atoms with van der Waals surface area (Å²) in [7, 11) is 0. The van der Waals surface area contributed by atoms with Gasteiger partial charge >= 0.3 is 5.97 Å². The van der Waals surface area contributed by atoms with E-state index in [1.807, 2.05) is 22.6 Å². The lowest BCUT2D eigenvalue weighted by Crippen LogP contribution is -2.43. The van der Waals surface area contributed by atoms with Crippen molar-refractivity contribution in [3.63, 3.8) is 0 Å². The van der Waals surface area contributed by atoms with Crippen molar-refractivity contribution in [2.75, 3.05) is 19.8 Å². The van der Waals surface area contributed by atoms with Crippen LogP contribution in [-0.2, 0) is 33.3 Å². The van der Waals surface area contributed by atoms with Crippen LogP contribution in [0.15, 0.2) is 0 Å². The molecule has 2 aliphatic heterocycles. The Kier molecular flexibility index (Phi) is 6.40. The van der Waals surface area contributed by atoms with Crippen molar-refractivity contribution in [2.24, 2.45) is 5.92 Å². The van der Waals surface area contributed by atoms with Crippen molar-refractivity contribution in [3.8, 4) is 0 Å². The van der Waals surface area contributed by atoms with Crippen LogP contribution in [0.2, 0.25) is 0 Å². The molecule has 0 radical (unpaired) electrons. The number of rotatable bonds is 6. The van der Waals surface area contributed by atoms with Crippen LogP contribution in [0.3, 0.4) is 0 Å². The smallest absolute Gasteiger partial charge is 0.321 e. The zero-order valence-electron chi connectivity index (χ0n) is 13.7. The molecule has 132 valence electrons. The first-order chi connectivity index (χ1) is 10.7. The molecule has 2 rings (SSSR count). The Labute approximate surface area is 149 Å². The third-order valence-corrected chi connectivity index (χ3v) is 4.17. The molecule has 0 saturated carbocycles. The molecule has 8 heteroatoms. The van der Waals surface area contributed by atoms with E-state index in [1.165, 1.54) is 0 Å². The molecule has 0 aromatic heterocycles. The van der Waals surface area contributed by atoms with Crippen LogP contribution in [0.1, 0.15) is 27.7 Å². The predicted octanol–water partition coefficient (Wildman–Crippen LogP) is 1.45. The van der Waals surface area contributed by atoms with Crippen LogP contribution in [0.25, 0.3) is 0 Å². The average Bonchev–Trinajstić information content (AvgIpc) is 3.05. The van der Waals surface area contributed by atoms with Gasteiger partial charge in [-0.3, -0.25) is 9.59 Å². The Bertz CT molecular complexity index is 428. The van der Waals surface area contributed by atoms with E-state index >= 15 is 0 Å². The molecular formula is C15H23IO7. The fraction of sp³-hybridized carbons (Fsp3) is 0.867. The van der Waals surface area contributed by atoms with Gasteiger partial charge in [0, 0.05) is 0 Å². The molecule has 0 aromatic rings. The fourth-order valence-corrected chi connectivity index (χ4v) is 2.70. The number of ether oxygens (including phenoxy) is 5. The van der Waals surface area contributed by atoms with Gasteiger partial charge in [-0.05, 0) is 27.7 Å². The van der Waals surface area contributed by atoms with Gasteiger partial charge in [0.2, 0.25) is 0 Å². The Morgan fingerprint density at radius 3 is 1.96 bits per heavy atom. The molecule has 23 heavy (non-hydrogen) atoms. The normalized spacial score (nSPS) is 32.7. The van der Waals surface area contributed by atoms with Crippen molar-refractivity contribution >= 4 is 34.3 Å². The van der Waals surface area contributed by atoms with Gasteiger partial charge in [-0.2, -0.15) is 0 Å². The maximum atomic E-state index is 12.6. The Morgan fingerprint density at radius 2 is 1.61 bits per heavy atom. The van der Waals surface area contributed by atoms with Crippen LogP contribution in [0, 0.1) is 5.92 Å². The molecule has 2 heterocycles. The van der Waals surface area contributed by atoms with E-state index in [0.717, 1.165) is 0 Å². The zero-order valence-corrected chi connectivity index (χ0v) is 15.9. The Balaban J connectivity index is 2.01. The molecule has 0 N–H and O–H groups in total. The Hall–Kier alpha value is -0.290. The highest BCUT2D eigenvalue weighted by Gasteiger charge is 2.44. The molecule has 4 atom stereocenters. The second kappa shape index (κ2) is 7.73. The van der Waals surface area contributed by atoms with Gasteiger partial charge in [-0.1, -0.05) is 22.6 Å². The highest BCUT2D eigenvalue weighted by molar-refractivity contribution is 14.1. The second-order valence-corrected chi connectivity index (χ2v) is 8.89. The summed E-state index contributed by atoms with van der Waals surface area (Å²) < 4.78 is 26.5. The molecule has 0 aromatic carbocycles. The molecule has 2 aliphatic rings. The van der Waals surface area contributed by atoms with Gasteiger partial charge in [0.05, 0.1) is 31.3 Å². The van der Waals surface area contributed by atoms with Crippen molar-refractivity contribution in [1.29, 1.82) is 0 Å². The highest BCUT2D eigenvalue weighted by atomic mass is 127. The quantitative estimate of drug-likeness (QED) is 0.350. The number of hydrogen-bond donors (Lipinski definition) is 0. The van der Waals surface area contributed by atoms with Crippen LogP contribution < -0.4 is 0 Å². The molecule has 4 unspecified atom stereocenters. The molecule has 0 aliphatic carbocycles. The van der Waals surface area contributed by atoms with Crippen LogP contribution in [0.4, 0.5) is 0 Å². The third kappa shape index (κ3) is 5.09. The maximum absolute atomic E-state index is 12.6. The minimum Gasteiger partial charge on any atom is -0.457 e. The van der Waals surface area contributed by atoms with Gasteiger partial charge in [0.15, 0.2) is 25.0 Å². The Morgan fingerprint density at radius 1 is 1.13 bits per heavy atom. The summed E-state index contributed by atoms with van der Waals surface area (Å²) >= 11 is 1.97. The van der Waals surface area contributed by atoms with E-state index in [2.05, 4.69) is 0 Å². The van der Waals surface area contributed by atoms with Gasteiger partial charge in [0.25, 0.3) is 0 Å². The summed E-state index contributed by atoms with van der Waals surface area (Å²) in [5.41, 5.74) is 0. The topological polar surface area (TPSA) is 80.3 Å². The van der Waals surface area contributed by atoms with Gasteiger partial charge < -0.3 is 23.7 Å². The average molecular weight is 442 g/mol. The first-order valence-electron chi connectivity index (χ1n) is 7.61. The number of halogens is 1.